The zero-order valence-electron chi connectivity index (χ0n) is 20.5. The average Bonchev–Trinajstić information content (AvgIpc) is 3.27. The van der Waals surface area contributed by atoms with Crippen molar-refractivity contribution in [1.82, 2.24) is 9.80 Å². The highest BCUT2D eigenvalue weighted by Crippen LogP contribution is 2.22. The highest BCUT2D eigenvalue weighted by Gasteiger charge is 2.23. The summed E-state index contributed by atoms with van der Waals surface area (Å²) in [6, 6.07) is 16.6. The molecule has 0 aliphatic heterocycles. The largest absolute Gasteiger partial charge is 0.464 e. The van der Waals surface area contributed by atoms with Crippen LogP contribution in [0.25, 0.3) is 0 Å². The molecule has 0 aliphatic rings. The number of furan rings is 1. The number of para-hydroxylation sites is 1. The molecule has 0 saturated heterocycles. The van der Waals surface area contributed by atoms with Crippen LogP contribution in [-0.2, 0) is 22.6 Å². The Morgan fingerprint density at radius 2 is 1.78 bits per heavy atom. The number of benzene rings is 2. The smallest absolute Gasteiger partial charge is 0.322 e. The van der Waals surface area contributed by atoms with E-state index >= 15 is 0 Å². The van der Waals surface area contributed by atoms with Gasteiger partial charge in [-0.1, -0.05) is 24.3 Å². The number of halogens is 2. The molecule has 0 fully saturated rings. The van der Waals surface area contributed by atoms with Crippen molar-refractivity contribution >= 4 is 33.6 Å². The lowest BCUT2D eigenvalue weighted by Gasteiger charge is -2.28. The summed E-state index contributed by atoms with van der Waals surface area (Å²) in [7, 11) is 0. The molecule has 0 bridgehead atoms. The number of urea groups is 1. The van der Waals surface area contributed by atoms with Crippen LogP contribution in [0.1, 0.15) is 30.4 Å². The Labute approximate surface area is 219 Å². The molecule has 9 heteroatoms. The standard InChI is InChI=1S/C27H31BrFN3O4/c1-3-35-16-6-15-31(27(34)30-25-8-5-4-7-24(25)28)19-26(33)32(18-23-14-9-20(2)36-23)17-21-10-12-22(29)13-11-21/h4-5,7-14H,3,6,15-19H2,1-2H3,(H,30,34). The van der Waals surface area contributed by atoms with Crippen molar-refractivity contribution in [2.45, 2.75) is 33.4 Å². The summed E-state index contributed by atoms with van der Waals surface area (Å²) >= 11 is 3.44. The van der Waals surface area contributed by atoms with Gasteiger partial charge in [0.05, 0.1) is 12.2 Å². The fraction of sp³-hybridized carbons (Fsp3) is 0.333. The van der Waals surface area contributed by atoms with Crippen LogP contribution in [0.5, 0.6) is 0 Å². The minimum atomic E-state index is -0.387. The summed E-state index contributed by atoms with van der Waals surface area (Å²) in [5, 5.41) is 2.87. The molecule has 3 aromatic rings. The first kappa shape index (κ1) is 27.4. The monoisotopic (exact) mass is 559 g/mol. The van der Waals surface area contributed by atoms with Crippen LogP contribution in [0.15, 0.2) is 69.6 Å². The van der Waals surface area contributed by atoms with Gasteiger partial charge in [-0.15, -0.1) is 0 Å². The SMILES string of the molecule is CCOCCCN(CC(=O)N(Cc1ccc(F)cc1)Cc1ccc(C)o1)C(=O)Nc1ccccc1Br. The summed E-state index contributed by atoms with van der Waals surface area (Å²) in [5.74, 6) is 0.766. The molecule has 7 nitrogen and oxygen atoms in total. The Balaban J connectivity index is 1.77. The Morgan fingerprint density at radius 3 is 2.44 bits per heavy atom. The maximum Gasteiger partial charge on any atom is 0.322 e. The number of amides is 3. The van der Waals surface area contributed by atoms with Gasteiger partial charge < -0.3 is 24.3 Å². The van der Waals surface area contributed by atoms with Gasteiger partial charge in [0.25, 0.3) is 0 Å². The van der Waals surface area contributed by atoms with Crippen molar-refractivity contribution < 1.29 is 23.1 Å². The maximum absolute atomic E-state index is 13.5. The van der Waals surface area contributed by atoms with Crippen LogP contribution in [0.4, 0.5) is 14.9 Å². The van der Waals surface area contributed by atoms with Crippen molar-refractivity contribution in [3.8, 4) is 0 Å². The second-order valence-corrected chi connectivity index (χ2v) is 9.12. The number of carbonyl (C=O) groups excluding carboxylic acids is 2. The molecule has 3 amide bonds. The first-order valence-electron chi connectivity index (χ1n) is 11.8. The van der Waals surface area contributed by atoms with Crippen LogP contribution in [-0.4, -0.2) is 48.0 Å². The molecular weight excluding hydrogens is 529 g/mol. The number of nitrogens with zero attached hydrogens (tertiary/aromatic N) is 2. The zero-order chi connectivity index (χ0) is 25.9. The lowest BCUT2D eigenvalue weighted by atomic mass is 10.2. The van der Waals surface area contributed by atoms with Gasteiger partial charge in [-0.3, -0.25) is 4.79 Å². The lowest BCUT2D eigenvalue weighted by molar-refractivity contribution is -0.133. The first-order chi connectivity index (χ1) is 17.4. The second-order valence-electron chi connectivity index (χ2n) is 8.27. The quantitative estimate of drug-likeness (QED) is 0.277. The van der Waals surface area contributed by atoms with Gasteiger partial charge in [0.2, 0.25) is 5.91 Å². The highest BCUT2D eigenvalue weighted by atomic mass is 79.9. The minimum absolute atomic E-state index is 0.136. The fourth-order valence-corrected chi connectivity index (χ4v) is 3.96. The first-order valence-corrected chi connectivity index (χ1v) is 12.6. The van der Waals surface area contributed by atoms with E-state index < -0.39 is 0 Å². The van der Waals surface area contributed by atoms with Crippen LogP contribution < -0.4 is 5.32 Å². The number of anilines is 1. The average molecular weight is 560 g/mol. The van der Waals surface area contributed by atoms with Crippen LogP contribution >= 0.6 is 15.9 Å². The van der Waals surface area contributed by atoms with Gasteiger partial charge in [-0.05, 0) is 78.2 Å². The van der Waals surface area contributed by atoms with Gasteiger partial charge in [0, 0.05) is 30.8 Å². The number of aryl methyl sites for hydroxylation is 1. The third-order valence-corrected chi connectivity index (χ3v) is 6.12. The van der Waals surface area contributed by atoms with E-state index in [-0.39, 0.29) is 37.4 Å². The Hall–Kier alpha value is -3.17. The molecule has 0 saturated carbocycles. The van der Waals surface area contributed by atoms with Crippen LogP contribution in [0.2, 0.25) is 0 Å². The summed E-state index contributed by atoms with van der Waals surface area (Å²) < 4.78 is 25.3. The molecular formula is C27H31BrFN3O4. The van der Waals surface area contributed by atoms with Crippen molar-refractivity contribution in [1.29, 1.82) is 0 Å². The predicted molar refractivity (Wildman–Crippen MR) is 140 cm³/mol. The molecule has 36 heavy (non-hydrogen) atoms. The van der Waals surface area contributed by atoms with Gasteiger partial charge in [-0.25, -0.2) is 9.18 Å². The molecule has 0 atom stereocenters. The van der Waals surface area contributed by atoms with Crippen molar-refractivity contribution in [3.63, 3.8) is 0 Å². The van der Waals surface area contributed by atoms with E-state index in [2.05, 4.69) is 21.2 Å². The summed E-state index contributed by atoms with van der Waals surface area (Å²) in [5.41, 5.74) is 1.38. The van der Waals surface area contributed by atoms with E-state index in [1.165, 1.54) is 17.0 Å². The normalized spacial score (nSPS) is 10.8. The second kappa shape index (κ2) is 13.8. The molecule has 0 spiro atoms. The van der Waals surface area contributed by atoms with Crippen LogP contribution in [0, 0.1) is 12.7 Å². The third-order valence-electron chi connectivity index (χ3n) is 5.43. The third kappa shape index (κ3) is 8.49. The molecule has 0 radical (unpaired) electrons. The summed E-state index contributed by atoms with van der Waals surface area (Å²) in [4.78, 5) is 29.7. The van der Waals surface area contributed by atoms with Gasteiger partial charge in [0.15, 0.2) is 0 Å². The highest BCUT2D eigenvalue weighted by molar-refractivity contribution is 9.10. The van der Waals surface area contributed by atoms with Gasteiger partial charge in [0.1, 0.15) is 23.9 Å². The number of hydrogen-bond acceptors (Lipinski definition) is 4. The van der Waals surface area contributed by atoms with E-state index in [0.717, 1.165) is 15.8 Å². The van der Waals surface area contributed by atoms with Gasteiger partial charge >= 0.3 is 6.03 Å². The predicted octanol–water partition coefficient (Wildman–Crippen LogP) is 5.98. The Bertz CT molecular complexity index is 1140. The summed E-state index contributed by atoms with van der Waals surface area (Å²) in [6.45, 7) is 5.48. The van der Waals surface area contributed by atoms with E-state index in [9.17, 15) is 14.0 Å². The molecule has 3 rings (SSSR count). The Morgan fingerprint density at radius 1 is 1.03 bits per heavy atom. The van der Waals surface area contributed by atoms with Crippen LogP contribution in [0.3, 0.4) is 0 Å². The maximum atomic E-state index is 13.5. The number of nitrogens with one attached hydrogen (secondary N) is 1. The number of hydrogen-bond donors (Lipinski definition) is 1. The molecule has 2 aromatic carbocycles. The molecule has 1 aromatic heterocycles. The molecule has 1 N–H and O–H groups in total. The molecule has 0 aliphatic carbocycles. The minimum Gasteiger partial charge on any atom is -0.464 e. The molecule has 192 valence electrons. The fourth-order valence-electron chi connectivity index (χ4n) is 3.58. The Kier molecular flexibility index (Phi) is 10.5. The lowest BCUT2D eigenvalue weighted by Crippen LogP contribution is -2.44. The van der Waals surface area contributed by atoms with Gasteiger partial charge in [-0.2, -0.15) is 0 Å². The molecule has 0 unspecified atom stereocenters. The van der Waals surface area contributed by atoms with E-state index in [1.807, 2.05) is 44.2 Å². The topological polar surface area (TPSA) is 75.0 Å². The summed E-state index contributed by atoms with van der Waals surface area (Å²) in [6.07, 6.45) is 0.583. The van der Waals surface area contributed by atoms with E-state index in [4.69, 9.17) is 9.15 Å². The van der Waals surface area contributed by atoms with Crippen molar-refractivity contribution in [3.05, 3.63) is 88.0 Å². The van der Waals surface area contributed by atoms with E-state index in [0.29, 0.717) is 37.6 Å². The van der Waals surface area contributed by atoms with E-state index in [1.54, 1.807) is 23.1 Å². The number of carbonyl (C=O) groups is 2. The number of rotatable bonds is 12. The number of ether oxygens (including phenoxy) is 1. The zero-order valence-corrected chi connectivity index (χ0v) is 22.1. The van der Waals surface area contributed by atoms with Crippen molar-refractivity contribution in [2.24, 2.45) is 0 Å². The molecule has 1 heterocycles. The van der Waals surface area contributed by atoms with Crippen molar-refractivity contribution in [2.75, 3.05) is 31.6 Å².